The highest BCUT2D eigenvalue weighted by atomic mass is 35.5. The number of fused-ring (bicyclic) bond motifs is 3. The molecule has 1 unspecified atom stereocenters. The van der Waals surface area contributed by atoms with Crippen molar-refractivity contribution in [3.63, 3.8) is 0 Å². The molecule has 5 rings (SSSR count). The van der Waals surface area contributed by atoms with Gasteiger partial charge >= 0.3 is 0 Å². The second-order valence-electron chi connectivity index (χ2n) is 8.82. The third kappa shape index (κ3) is 3.57. The predicted molar refractivity (Wildman–Crippen MR) is 129 cm³/mol. The summed E-state index contributed by atoms with van der Waals surface area (Å²) in [6, 6.07) is 9.75. The molecule has 2 aromatic carbocycles. The molecule has 31 heavy (non-hydrogen) atoms. The molecule has 2 heterocycles. The van der Waals surface area contributed by atoms with Crippen molar-refractivity contribution in [3.8, 4) is 0 Å². The van der Waals surface area contributed by atoms with Crippen molar-refractivity contribution < 1.29 is 0 Å². The second kappa shape index (κ2) is 7.41. The zero-order chi connectivity index (χ0) is 21.9. The molecule has 6 nitrogen and oxygen atoms in total. The van der Waals surface area contributed by atoms with E-state index in [9.17, 15) is 0 Å². The lowest BCUT2D eigenvalue weighted by Crippen LogP contribution is -2.52. The molecule has 0 spiro atoms. The molecule has 1 fully saturated rings. The number of nitrogens with two attached hydrogens (primary N) is 2. The molecular formula is C23H26Cl2N6. The SMILES string of the molecule is CN(C)Cc1cn(Cc2c(Cl)cccc2Cl)c2ccc3c(c12)C(N)=NC(N)(C1CC1)N3. The van der Waals surface area contributed by atoms with Gasteiger partial charge in [0.2, 0.25) is 0 Å². The van der Waals surface area contributed by atoms with Gasteiger partial charge in [-0.2, -0.15) is 0 Å². The Hall–Kier alpha value is -2.25. The lowest BCUT2D eigenvalue weighted by atomic mass is 9.99. The van der Waals surface area contributed by atoms with Crippen LogP contribution in [0.4, 0.5) is 5.69 Å². The number of hydrogen-bond acceptors (Lipinski definition) is 5. The van der Waals surface area contributed by atoms with Crippen LogP contribution in [-0.2, 0) is 13.1 Å². The van der Waals surface area contributed by atoms with Crippen molar-refractivity contribution in [1.82, 2.24) is 9.47 Å². The van der Waals surface area contributed by atoms with Crippen LogP contribution in [0.3, 0.4) is 0 Å². The number of nitrogens with one attached hydrogen (secondary N) is 1. The fourth-order valence-electron chi connectivity index (χ4n) is 4.51. The summed E-state index contributed by atoms with van der Waals surface area (Å²) in [7, 11) is 4.11. The Labute approximate surface area is 191 Å². The maximum atomic E-state index is 6.55. The minimum atomic E-state index is -0.819. The number of amidine groups is 1. The minimum absolute atomic E-state index is 0.322. The van der Waals surface area contributed by atoms with Crippen LogP contribution in [0.5, 0.6) is 0 Å². The summed E-state index contributed by atoms with van der Waals surface area (Å²) >= 11 is 12.9. The quantitative estimate of drug-likeness (QED) is 0.536. The second-order valence-corrected chi connectivity index (χ2v) is 9.64. The Kier molecular flexibility index (Phi) is 4.94. The minimum Gasteiger partial charge on any atom is -0.383 e. The molecule has 0 amide bonds. The molecule has 3 aromatic rings. The smallest absolute Gasteiger partial charge is 0.187 e. The van der Waals surface area contributed by atoms with Crippen LogP contribution in [-0.4, -0.2) is 35.2 Å². The van der Waals surface area contributed by atoms with Crippen LogP contribution in [0, 0.1) is 5.92 Å². The van der Waals surface area contributed by atoms with Gasteiger partial charge in [0.15, 0.2) is 5.79 Å². The van der Waals surface area contributed by atoms with Crippen molar-refractivity contribution in [2.45, 2.75) is 31.7 Å². The third-order valence-electron chi connectivity index (χ3n) is 6.10. The van der Waals surface area contributed by atoms with Gasteiger partial charge in [0.05, 0.1) is 6.54 Å². The number of halogens is 2. The normalized spacial score (nSPS) is 20.6. The summed E-state index contributed by atoms with van der Waals surface area (Å²) in [5.74, 6) is -0.00878. The number of anilines is 1. The van der Waals surface area contributed by atoms with Gasteiger partial charge in [0, 0.05) is 56.4 Å². The standard InChI is InChI=1S/C23H26Cl2N6/c1-30(2)10-13-11-31(12-15-16(24)4-3-5-17(15)25)19-9-8-18-21(20(13)19)22(26)29-23(27,28-18)14-6-7-14/h3-5,8-9,11,14,28H,6-7,10,12,27H2,1-2H3,(H2,26,29). The van der Waals surface area contributed by atoms with Crippen LogP contribution in [0.25, 0.3) is 10.9 Å². The predicted octanol–water partition coefficient (Wildman–Crippen LogP) is 4.21. The molecule has 162 valence electrons. The Morgan fingerprint density at radius 3 is 2.55 bits per heavy atom. The Morgan fingerprint density at radius 2 is 1.90 bits per heavy atom. The van der Waals surface area contributed by atoms with Crippen molar-refractivity contribution in [1.29, 1.82) is 0 Å². The molecule has 1 aliphatic carbocycles. The highest BCUT2D eigenvalue weighted by Crippen LogP contribution is 2.43. The molecule has 0 bridgehead atoms. The molecule has 0 radical (unpaired) electrons. The molecule has 8 heteroatoms. The van der Waals surface area contributed by atoms with E-state index in [4.69, 9.17) is 39.7 Å². The molecule has 1 aromatic heterocycles. The first-order valence-corrected chi connectivity index (χ1v) is 11.2. The van der Waals surface area contributed by atoms with E-state index >= 15 is 0 Å². The topological polar surface area (TPSA) is 84.6 Å². The van der Waals surface area contributed by atoms with E-state index in [0.717, 1.165) is 52.7 Å². The van der Waals surface area contributed by atoms with E-state index < -0.39 is 5.79 Å². The number of nitrogens with zero attached hydrogens (tertiary/aromatic N) is 3. The fourth-order valence-corrected chi connectivity index (χ4v) is 5.03. The van der Waals surface area contributed by atoms with E-state index in [1.165, 1.54) is 0 Å². The first-order chi connectivity index (χ1) is 14.8. The van der Waals surface area contributed by atoms with E-state index in [-0.39, 0.29) is 0 Å². The number of hydrogen-bond donors (Lipinski definition) is 3. The van der Waals surface area contributed by atoms with Crippen molar-refractivity contribution >= 4 is 45.6 Å². The maximum absolute atomic E-state index is 6.55. The summed E-state index contributed by atoms with van der Waals surface area (Å²) in [5.41, 5.74) is 18.0. The van der Waals surface area contributed by atoms with E-state index in [1.54, 1.807) is 0 Å². The third-order valence-corrected chi connectivity index (χ3v) is 6.81. The van der Waals surface area contributed by atoms with Crippen LogP contribution >= 0.6 is 23.2 Å². The van der Waals surface area contributed by atoms with Gasteiger partial charge < -0.3 is 20.5 Å². The molecular weight excluding hydrogens is 431 g/mol. The Morgan fingerprint density at radius 1 is 1.19 bits per heavy atom. The largest absolute Gasteiger partial charge is 0.383 e. The highest BCUT2D eigenvalue weighted by molar-refractivity contribution is 6.36. The zero-order valence-electron chi connectivity index (χ0n) is 17.6. The first kappa shape index (κ1) is 20.6. The number of aromatic nitrogens is 1. The lowest BCUT2D eigenvalue weighted by molar-refractivity contribution is 0.403. The highest BCUT2D eigenvalue weighted by Gasteiger charge is 2.45. The number of rotatable bonds is 5. The molecule has 1 saturated carbocycles. The van der Waals surface area contributed by atoms with Gasteiger partial charge in [-0.3, -0.25) is 5.73 Å². The summed E-state index contributed by atoms with van der Waals surface area (Å²) in [6.07, 6.45) is 4.29. The monoisotopic (exact) mass is 456 g/mol. The van der Waals surface area contributed by atoms with Gasteiger partial charge in [-0.25, -0.2) is 4.99 Å². The van der Waals surface area contributed by atoms with E-state index in [0.29, 0.717) is 28.3 Å². The lowest BCUT2D eigenvalue weighted by Gasteiger charge is -2.33. The number of aliphatic imine (C=N–C) groups is 1. The summed E-state index contributed by atoms with van der Waals surface area (Å²) < 4.78 is 2.18. The van der Waals surface area contributed by atoms with Gasteiger partial charge in [-0.05, 0) is 56.8 Å². The van der Waals surface area contributed by atoms with Gasteiger partial charge in [-0.1, -0.05) is 29.3 Å². The van der Waals surface area contributed by atoms with Crippen molar-refractivity contribution in [3.05, 3.63) is 63.3 Å². The first-order valence-electron chi connectivity index (χ1n) is 10.4. The van der Waals surface area contributed by atoms with Crippen LogP contribution in [0.1, 0.15) is 29.5 Å². The van der Waals surface area contributed by atoms with Crippen molar-refractivity contribution in [2.75, 3.05) is 19.4 Å². The van der Waals surface area contributed by atoms with Crippen LogP contribution in [0.2, 0.25) is 10.0 Å². The van der Waals surface area contributed by atoms with Gasteiger partial charge in [-0.15, -0.1) is 0 Å². The van der Waals surface area contributed by atoms with E-state index in [1.807, 2.05) is 24.3 Å². The molecule has 2 aliphatic rings. The average Bonchev–Trinajstić information content (AvgIpc) is 3.50. The van der Waals surface area contributed by atoms with Crippen LogP contribution < -0.4 is 16.8 Å². The van der Waals surface area contributed by atoms with Gasteiger partial charge in [0.25, 0.3) is 0 Å². The van der Waals surface area contributed by atoms with Crippen molar-refractivity contribution in [2.24, 2.45) is 22.4 Å². The van der Waals surface area contributed by atoms with Gasteiger partial charge in [0.1, 0.15) is 5.84 Å². The Bertz CT molecular complexity index is 1190. The molecule has 1 aliphatic heterocycles. The fraction of sp³-hybridized carbons (Fsp3) is 0.348. The van der Waals surface area contributed by atoms with Crippen LogP contribution in [0.15, 0.2) is 41.5 Å². The maximum Gasteiger partial charge on any atom is 0.187 e. The summed E-state index contributed by atoms with van der Waals surface area (Å²) in [4.78, 5) is 6.85. The molecule has 1 atom stereocenters. The molecule has 5 N–H and O–H groups in total. The molecule has 0 saturated heterocycles. The Balaban J connectivity index is 1.68. The zero-order valence-corrected chi connectivity index (χ0v) is 19.1. The summed E-state index contributed by atoms with van der Waals surface area (Å²) in [5, 5.41) is 5.85. The number of benzene rings is 2. The van der Waals surface area contributed by atoms with E-state index in [2.05, 4.69) is 41.1 Å². The average molecular weight is 457 g/mol. The summed E-state index contributed by atoms with van der Waals surface area (Å²) in [6.45, 7) is 1.33.